The van der Waals surface area contributed by atoms with Gasteiger partial charge in [0.1, 0.15) is 5.76 Å². The van der Waals surface area contributed by atoms with Crippen LogP contribution in [0.5, 0.6) is 0 Å². The molecule has 1 atom stereocenters. The Morgan fingerprint density at radius 2 is 2.32 bits per heavy atom. The number of carbonyl (C=O) groups is 1. The molecule has 22 heavy (non-hydrogen) atoms. The van der Waals surface area contributed by atoms with Crippen molar-refractivity contribution in [2.45, 2.75) is 32.7 Å². The van der Waals surface area contributed by atoms with Gasteiger partial charge in [0.15, 0.2) is 0 Å². The molecule has 7 nitrogen and oxygen atoms in total. The number of nitrogens with zero attached hydrogens (tertiary/aromatic N) is 3. The van der Waals surface area contributed by atoms with Crippen molar-refractivity contribution in [1.29, 1.82) is 0 Å². The lowest BCUT2D eigenvalue weighted by Gasteiger charge is -2.18. The van der Waals surface area contributed by atoms with Crippen LogP contribution in [-0.4, -0.2) is 46.4 Å². The zero-order chi connectivity index (χ0) is 15.7. The Hall–Kier alpha value is -2.15. The molecule has 7 heteroatoms. The number of amides is 1. The average Bonchev–Trinajstić information content (AvgIpc) is 3.22. The van der Waals surface area contributed by atoms with E-state index in [0.29, 0.717) is 18.7 Å². The maximum absolute atomic E-state index is 12.7. The maximum atomic E-state index is 12.7. The van der Waals surface area contributed by atoms with Crippen molar-refractivity contribution in [3.8, 4) is 0 Å². The number of rotatable bonds is 4. The number of ether oxygens (including phenoxy) is 1. The van der Waals surface area contributed by atoms with Crippen molar-refractivity contribution in [1.82, 2.24) is 20.3 Å². The van der Waals surface area contributed by atoms with Gasteiger partial charge in [-0.05, 0) is 20.3 Å². The van der Waals surface area contributed by atoms with Crippen molar-refractivity contribution < 1.29 is 14.1 Å². The summed E-state index contributed by atoms with van der Waals surface area (Å²) in [4.78, 5) is 14.4. The first-order chi connectivity index (χ1) is 10.6. The van der Waals surface area contributed by atoms with Crippen molar-refractivity contribution in [2.75, 3.05) is 20.3 Å². The van der Waals surface area contributed by atoms with Crippen molar-refractivity contribution >= 4 is 5.91 Å². The highest BCUT2D eigenvalue weighted by molar-refractivity contribution is 5.95. The first kappa shape index (κ1) is 14.8. The van der Waals surface area contributed by atoms with E-state index in [-0.39, 0.29) is 11.8 Å². The van der Waals surface area contributed by atoms with E-state index in [2.05, 4.69) is 15.4 Å². The van der Waals surface area contributed by atoms with Crippen molar-refractivity contribution in [2.24, 2.45) is 0 Å². The molecule has 1 aliphatic rings. The van der Waals surface area contributed by atoms with Crippen LogP contribution in [-0.2, 0) is 11.3 Å². The quantitative estimate of drug-likeness (QED) is 0.931. The fraction of sp³-hybridized carbons (Fsp3) is 0.533. The molecule has 1 fully saturated rings. The minimum Gasteiger partial charge on any atom is -0.381 e. The number of carbonyl (C=O) groups excluding carboxylic acids is 1. The summed E-state index contributed by atoms with van der Waals surface area (Å²) in [5.41, 5.74) is 3.25. The van der Waals surface area contributed by atoms with Gasteiger partial charge in [-0.3, -0.25) is 9.89 Å². The normalized spacial score (nSPS) is 17.9. The topological polar surface area (TPSA) is 84.3 Å². The molecule has 0 aromatic carbocycles. The van der Waals surface area contributed by atoms with Gasteiger partial charge in [-0.2, -0.15) is 5.10 Å². The largest absolute Gasteiger partial charge is 0.381 e. The summed E-state index contributed by atoms with van der Waals surface area (Å²) in [6.45, 7) is 5.56. The zero-order valence-corrected chi connectivity index (χ0v) is 13.0. The summed E-state index contributed by atoms with van der Waals surface area (Å²) < 4.78 is 10.5. The highest BCUT2D eigenvalue weighted by Crippen LogP contribution is 2.27. The number of hydrogen-bond acceptors (Lipinski definition) is 5. The summed E-state index contributed by atoms with van der Waals surface area (Å²) >= 11 is 0. The second-order valence-electron chi connectivity index (χ2n) is 5.72. The molecule has 1 aliphatic heterocycles. The van der Waals surface area contributed by atoms with Gasteiger partial charge >= 0.3 is 0 Å². The molecule has 118 valence electrons. The second kappa shape index (κ2) is 5.92. The molecule has 0 spiro atoms. The van der Waals surface area contributed by atoms with E-state index in [1.807, 2.05) is 13.8 Å². The third-order valence-electron chi connectivity index (χ3n) is 4.16. The van der Waals surface area contributed by atoms with Crippen LogP contribution in [0.1, 0.15) is 45.4 Å². The van der Waals surface area contributed by atoms with Gasteiger partial charge in [-0.15, -0.1) is 0 Å². The van der Waals surface area contributed by atoms with Gasteiger partial charge < -0.3 is 14.2 Å². The lowest BCUT2D eigenvalue weighted by molar-refractivity contribution is 0.0783. The maximum Gasteiger partial charge on any atom is 0.257 e. The molecule has 1 saturated heterocycles. The standard InChI is InChI=1S/C15H20N4O3/c1-9-13(10(2)22-18-9)7-19(3)15(20)12-6-16-17-14(12)11-4-5-21-8-11/h6,11H,4-5,7-8H2,1-3H3,(H,16,17). The van der Waals surface area contributed by atoms with Crippen LogP contribution in [0.25, 0.3) is 0 Å². The van der Waals surface area contributed by atoms with Crippen LogP contribution >= 0.6 is 0 Å². The Morgan fingerprint density at radius 1 is 1.50 bits per heavy atom. The van der Waals surface area contributed by atoms with E-state index in [9.17, 15) is 4.79 Å². The van der Waals surface area contributed by atoms with Gasteiger partial charge in [-0.1, -0.05) is 5.16 Å². The van der Waals surface area contributed by atoms with Crippen LogP contribution in [0.4, 0.5) is 0 Å². The summed E-state index contributed by atoms with van der Waals surface area (Å²) in [6.07, 6.45) is 2.51. The SMILES string of the molecule is Cc1noc(C)c1CN(C)C(=O)c1cn[nH]c1C1CCOC1. The average molecular weight is 304 g/mol. The minimum absolute atomic E-state index is 0.0596. The summed E-state index contributed by atoms with van der Waals surface area (Å²) in [6, 6.07) is 0. The summed E-state index contributed by atoms with van der Waals surface area (Å²) in [5.74, 6) is 0.901. The lowest BCUT2D eigenvalue weighted by atomic mass is 10.0. The second-order valence-corrected chi connectivity index (χ2v) is 5.72. The van der Waals surface area contributed by atoms with E-state index in [0.717, 1.165) is 35.7 Å². The molecular weight excluding hydrogens is 284 g/mol. The number of H-pyrrole nitrogens is 1. The monoisotopic (exact) mass is 304 g/mol. The highest BCUT2D eigenvalue weighted by Gasteiger charge is 2.27. The van der Waals surface area contributed by atoms with Crippen LogP contribution in [0.3, 0.4) is 0 Å². The third kappa shape index (κ3) is 2.64. The molecule has 0 aliphatic carbocycles. The Kier molecular flexibility index (Phi) is 3.98. The minimum atomic E-state index is -0.0596. The fourth-order valence-electron chi connectivity index (χ4n) is 2.78. The number of aryl methyl sites for hydroxylation is 2. The van der Waals surface area contributed by atoms with Crippen LogP contribution in [0.2, 0.25) is 0 Å². The molecule has 0 bridgehead atoms. The summed E-state index contributed by atoms with van der Waals surface area (Å²) in [5, 5.41) is 10.9. The van der Waals surface area contributed by atoms with E-state index < -0.39 is 0 Å². The van der Waals surface area contributed by atoms with E-state index in [4.69, 9.17) is 9.26 Å². The summed E-state index contributed by atoms with van der Waals surface area (Å²) in [7, 11) is 1.77. The van der Waals surface area contributed by atoms with Gasteiger partial charge in [0, 0.05) is 25.1 Å². The van der Waals surface area contributed by atoms with Crippen LogP contribution in [0.15, 0.2) is 10.7 Å². The first-order valence-corrected chi connectivity index (χ1v) is 7.36. The Morgan fingerprint density at radius 3 is 2.95 bits per heavy atom. The molecule has 1 amide bonds. The van der Waals surface area contributed by atoms with Gasteiger partial charge in [0.05, 0.1) is 36.3 Å². The first-order valence-electron chi connectivity index (χ1n) is 7.36. The van der Waals surface area contributed by atoms with E-state index >= 15 is 0 Å². The zero-order valence-electron chi connectivity index (χ0n) is 13.0. The van der Waals surface area contributed by atoms with Gasteiger partial charge in [-0.25, -0.2) is 0 Å². The fourth-order valence-corrected chi connectivity index (χ4v) is 2.78. The smallest absolute Gasteiger partial charge is 0.257 e. The number of aromatic amines is 1. The predicted molar refractivity (Wildman–Crippen MR) is 78.5 cm³/mol. The molecule has 3 rings (SSSR count). The van der Waals surface area contributed by atoms with E-state index in [1.165, 1.54) is 0 Å². The third-order valence-corrected chi connectivity index (χ3v) is 4.16. The van der Waals surface area contributed by atoms with Crippen LogP contribution < -0.4 is 0 Å². The Bertz CT molecular complexity index is 651. The molecule has 0 saturated carbocycles. The molecule has 3 heterocycles. The number of hydrogen-bond donors (Lipinski definition) is 1. The Balaban J connectivity index is 1.78. The van der Waals surface area contributed by atoms with Gasteiger partial charge in [0.25, 0.3) is 5.91 Å². The number of nitrogens with one attached hydrogen (secondary N) is 1. The Labute approximate surface area is 128 Å². The molecule has 1 N–H and O–H groups in total. The van der Waals surface area contributed by atoms with Crippen molar-refractivity contribution in [3.63, 3.8) is 0 Å². The molecular formula is C15H20N4O3. The van der Waals surface area contributed by atoms with Crippen molar-refractivity contribution in [3.05, 3.63) is 34.5 Å². The van der Waals surface area contributed by atoms with Gasteiger partial charge in [0.2, 0.25) is 0 Å². The van der Waals surface area contributed by atoms with Crippen LogP contribution in [0, 0.1) is 13.8 Å². The predicted octanol–water partition coefficient (Wildman–Crippen LogP) is 1.79. The van der Waals surface area contributed by atoms with E-state index in [1.54, 1.807) is 18.1 Å². The molecule has 2 aromatic rings. The molecule has 1 unspecified atom stereocenters. The molecule has 2 aromatic heterocycles. The molecule has 0 radical (unpaired) electrons. The lowest BCUT2D eigenvalue weighted by Crippen LogP contribution is -2.27. The highest BCUT2D eigenvalue weighted by atomic mass is 16.5. The number of aromatic nitrogens is 3.